The molecule has 1 aliphatic heterocycles. The fraction of sp³-hybridized carbons (Fsp3) is 0.0833. The Hall–Kier alpha value is -4.06. The molecule has 5 rings (SSSR count). The Morgan fingerprint density at radius 1 is 1.00 bits per heavy atom. The van der Waals surface area contributed by atoms with Gasteiger partial charge < -0.3 is 14.0 Å². The van der Waals surface area contributed by atoms with Crippen LogP contribution >= 0.6 is 0 Å². The standard InChI is InChI=1S/C24H19N3O3/c1-27-20-10-6-5-9-18(20)19(23(27)16-7-3-2-4-8-16)14-25-26-24(28)17-11-12-21-22(13-17)30-15-29-21/h2-14H,15H2,1H3,(H,26,28). The number of rotatable bonds is 4. The van der Waals surface area contributed by atoms with Gasteiger partial charge in [-0.1, -0.05) is 48.5 Å². The minimum absolute atomic E-state index is 0.169. The van der Waals surface area contributed by atoms with Gasteiger partial charge in [-0.05, 0) is 29.8 Å². The molecule has 0 radical (unpaired) electrons. The number of aryl methyl sites for hydroxylation is 1. The minimum atomic E-state index is -0.314. The summed E-state index contributed by atoms with van der Waals surface area (Å²) in [6, 6.07) is 23.3. The molecule has 6 heteroatoms. The van der Waals surface area contributed by atoms with Gasteiger partial charge in [-0.2, -0.15) is 5.10 Å². The van der Waals surface area contributed by atoms with Gasteiger partial charge in [-0.25, -0.2) is 5.43 Å². The molecule has 2 heterocycles. The normalized spacial score (nSPS) is 12.6. The Labute approximate surface area is 173 Å². The molecule has 148 valence electrons. The molecule has 1 amide bonds. The summed E-state index contributed by atoms with van der Waals surface area (Å²) in [5.74, 6) is 0.886. The number of para-hydroxylation sites is 1. The van der Waals surface area contributed by atoms with Gasteiger partial charge in [0.25, 0.3) is 5.91 Å². The highest BCUT2D eigenvalue weighted by Crippen LogP contribution is 2.33. The summed E-state index contributed by atoms with van der Waals surface area (Å²) in [4.78, 5) is 12.5. The van der Waals surface area contributed by atoms with E-state index in [9.17, 15) is 4.79 Å². The Bertz CT molecular complexity index is 1280. The van der Waals surface area contributed by atoms with Crippen LogP contribution in [0.3, 0.4) is 0 Å². The van der Waals surface area contributed by atoms with E-state index in [0.717, 1.165) is 27.7 Å². The lowest BCUT2D eigenvalue weighted by atomic mass is 10.1. The molecular formula is C24H19N3O3. The molecule has 30 heavy (non-hydrogen) atoms. The first-order chi connectivity index (χ1) is 14.7. The summed E-state index contributed by atoms with van der Waals surface area (Å²) < 4.78 is 12.8. The number of aromatic nitrogens is 1. The maximum Gasteiger partial charge on any atom is 0.271 e. The second kappa shape index (κ2) is 7.40. The summed E-state index contributed by atoms with van der Waals surface area (Å²) in [7, 11) is 2.03. The fourth-order valence-corrected chi connectivity index (χ4v) is 3.76. The predicted octanol–water partition coefficient (Wildman–Crippen LogP) is 4.34. The van der Waals surface area contributed by atoms with Crippen molar-refractivity contribution < 1.29 is 14.3 Å². The van der Waals surface area contributed by atoms with E-state index in [0.29, 0.717) is 17.1 Å². The van der Waals surface area contributed by atoms with Gasteiger partial charge in [0, 0.05) is 29.1 Å². The molecule has 0 spiro atoms. The number of ether oxygens (including phenoxy) is 2. The maximum absolute atomic E-state index is 12.5. The van der Waals surface area contributed by atoms with Gasteiger partial charge in [-0.15, -0.1) is 0 Å². The Morgan fingerprint density at radius 3 is 2.63 bits per heavy atom. The summed E-state index contributed by atoms with van der Waals surface area (Å²) >= 11 is 0. The van der Waals surface area contributed by atoms with E-state index < -0.39 is 0 Å². The maximum atomic E-state index is 12.5. The first-order valence-electron chi connectivity index (χ1n) is 9.58. The molecule has 0 saturated carbocycles. The molecular weight excluding hydrogens is 378 g/mol. The van der Waals surface area contributed by atoms with E-state index in [1.807, 2.05) is 37.4 Å². The van der Waals surface area contributed by atoms with E-state index in [-0.39, 0.29) is 12.7 Å². The van der Waals surface area contributed by atoms with Crippen LogP contribution in [-0.4, -0.2) is 23.5 Å². The molecule has 3 aromatic carbocycles. The molecule has 1 aliphatic rings. The third-order valence-corrected chi connectivity index (χ3v) is 5.19. The summed E-state index contributed by atoms with van der Waals surface area (Å²) in [5, 5.41) is 5.32. The number of nitrogens with zero attached hydrogens (tertiary/aromatic N) is 2. The quantitative estimate of drug-likeness (QED) is 0.412. The van der Waals surface area contributed by atoms with E-state index in [1.165, 1.54) is 0 Å². The van der Waals surface area contributed by atoms with E-state index in [2.05, 4.69) is 39.4 Å². The number of nitrogens with one attached hydrogen (secondary N) is 1. The number of hydrogen-bond donors (Lipinski definition) is 1. The average molecular weight is 397 g/mol. The topological polar surface area (TPSA) is 64.9 Å². The third kappa shape index (κ3) is 3.08. The lowest BCUT2D eigenvalue weighted by molar-refractivity contribution is 0.0954. The van der Waals surface area contributed by atoms with Crippen LogP contribution in [0.15, 0.2) is 77.9 Å². The number of carbonyl (C=O) groups is 1. The highest BCUT2D eigenvalue weighted by molar-refractivity contribution is 6.07. The summed E-state index contributed by atoms with van der Waals surface area (Å²) in [6.45, 7) is 0.169. The number of benzene rings is 3. The molecule has 0 bridgehead atoms. The number of hydrazone groups is 1. The predicted molar refractivity (Wildman–Crippen MR) is 116 cm³/mol. The second-order valence-electron chi connectivity index (χ2n) is 6.97. The van der Waals surface area contributed by atoms with Crippen LogP contribution in [0.1, 0.15) is 15.9 Å². The zero-order chi connectivity index (χ0) is 20.5. The van der Waals surface area contributed by atoms with Crippen LogP contribution in [0.5, 0.6) is 11.5 Å². The van der Waals surface area contributed by atoms with Crippen molar-refractivity contribution in [3.63, 3.8) is 0 Å². The highest BCUT2D eigenvalue weighted by atomic mass is 16.7. The van der Waals surface area contributed by atoms with E-state index >= 15 is 0 Å². The number of fused-ring (bicyclic) bond motifs is 2. The SMILES string of the molecule is Cn1c(-c2ccccc2)c(C=NNC(=O)c2ccc3c(c2)OCO3)c2ccccc21. The molecule has 1 N–H and O–H groups in total. The molecule has 0 fully saturated rings. The zero-order valence-corrected chi connectivity index (χ0v) is 16.3. The molecule has 4 aromatic rings. The molecule has 0 atom stereocenters. The third-order valence-electron chi connectivity index (χ3n) is 5.19. The first kappa shape index (κ1) is 18.0. The largest absolute Gasteiger partial charge is 0.454 e. The van der Waals surface area contributed by atoms with Crippen molar-refractivity contribution in [3.8, 4) is 22.8 Å². The average Bonchev–Trinajstić information content (AvgIpc) is 3.37. The molecule has 1 aromatic heterocycles. The summed E-state index contributed by atoms with van der Waals surface area (Å²) in [6.07, 6.45) is 1.70. The summed E-state index contributed by atoms with van der Waals surface area (Å²) in [5.41, 5.74) is 7.24. The Kier molecular flexibility index (Phi) is 4.44. The van der Waals surface area contributed by atoms with Crippen LogP contribution in [0, 0.1) is 0 Å². The lowest BCUT2D eigenvalue weighted by Crippen LogP contribution is -2.17. The van der Waals surface area contributed by atoms with E-state index in [1.54, 1.807) is 24.4 Å². The second-order valence-corrected chi connectivity index (χ2v) is 6.97. The number of carbonyl (C=O) groups excluding carboxylic acids is 1. The van der Waals surface area contributed by atoms with Crippen LogP contribution in [0.4, 0.5) is 0 Å². The molecule has 0 unspecified atom stereocenters. The van der Waals surface area contributed by atoms with Crippen molar-refractivity contribution >= 4 is 23.0 Å². The van der Waals surface area contributed by atoms with Crippen LogP contribution < -0.4 is 14.9 Å². The fourth-order valence-electron chi connectivity index (χ4n) is 3.76. The highest BCUT2D eigenvalue weighted by Gasteiger charge is 2.17. The van der Waals surface area contributed by atoms with Crippen LogP contribution in [0.25, 0.3) is 22.2 Å². The Morgan fingerprint density at radius 2 is 1.77 bits per heavy atom. The van der Waals surface area contributed by atoms with Crippen molar-refractivity contribution in [3.05, 3.63) is 83.9 Å². The molecule has 0 saturated heterocycles. The zero-order valence-electron chi connectivity index (χ0n) is 16.3. The smallest absolute Gasteiger partial charge is 0.271 e. The van der Waals surface area contributed by atoms with Crippen molar-refractivity contribution in [1.82, 2.24) is 9.99 Å². The lowest BCUT2D eigenvalue weighted by Gasteiger charge is -2.06. The van der Waals surface area contributed by atoms with Gasteiger partial charge in [0.05, 0.1) is 11.9 Å². The van der Waals surface area contributed by atoms with Gasteiger partial charge in [0.15, 0.2) is 11.5 Å². The van der Waals surface area contributed by atoms with Crippen molar-refractivity contribution in [2.24, 2.45) is 12.1 Å². The monoisotopic (exact) mass is 397 g/mol. The van der Waals surface area contributed by atoms with Gasteiger partial charge in [-0.3, -0.25) is 4.79 Å². The van der Waals surface area contributed by atoms with Crippen LogP contribution in [-0.2, 0) is 7.05 Å². The minimum Gasteiger partial charge on any atom is -0.454 e. The van der Waals surface area contributed by atoms with Gasteiger partial charge in [0.2, 0.25) is 6.79 Å². The van der Waals surface area contributed by atoms with Crippen LogP contribution in [0.2, 0.25) is 0 Å². The molecule has 0 aliphatic carbocycles. The van der Waals surface area contributed by atoms with Gasteiger partial charge in [0.1, 0.15) is 0 Å². The first-order valence-corrected chi connectivity index (χ1v) is 9.58. The van der Waals surface area contributed by atoms with Crippen molar-refractivity contribution in [2.75, 3.05) is 6.79 Å². The Balaban J connectivity index is 1.48. The van der Waals surface area contributed by atoms with Crippen molar-refractivity contribution in [2.45, 2.75) is 0 Å². The van der Waals surface area contributed by atoms with Crippen molar-refractivity contribution in [1.29, 1.82) is 0 Å². The van der Waals surface area contributed by atoms with Gasteiger partial charge >= 0.3 is 0 Å². The molecule has 6 nitrogen and oxygen atoms in total. The number of hydrogen-bond acceptors (Lipinski definition) is 4. The number of amides is 1. The van der Waals surface area contributed by atoms with E-state index in [4.69, 9.17) is 9.47 Å².